The molecular weight excluding hydrogens is 284 g/mol. The minimum absolute atomic E-state index is 0.179. The van der Waals surface area contributed by atoms with Gasteiger partial charge in [0.05, 0.1) is 0 Å². The van der Waals surface area contributed by atoms with Crippen molar-refractivity contribution < 1.29 is 4.79 Å². The molecule has 0 fully saturated rings. The fourth-order valence-electron chi connectivity index (χ4n) is 1.49. The Labute approximate surface area is 107 Å². The lowest BCUT2D eigenvalue weighted by atomic mass is 10.1. The van der Waals surface area contributed by atoms with Gasteiger partial charge in [-0.1, -0.05) is 28.1 Å². The van der Waals surface area contributed by atoms with Gasteiger partial charge in [0.25, 0.3) is 0 Å². The van der Waals surface area contributed by atoms with Crippen LogP contribution in [0.25, 0.3) is 0 Å². The number of ketones is 1. The third kappa shape index (κ3) is 2.60. The minimum Gasteiger partial charge on any atom is -0.294 e. The van der Waals surface area contributed by atoms with Gasteiger partial charge in [0.15, 0.2) is 5.78 Å². The zero-order chi connectivity index (χ0) is 11.5. The molecule has 0 aliphatic rings. The standard InChI is InChI=1S/C13H11BrOS/c1-9-7-10(4-5-12(9)14)13(15)8-11-3-2-6-16-11/h2-7H,8H2,1H3. The Kier molecular flexibility index (Phi) is 3.56. The molecule has 0 amide bonds. The average Bonchev–Trinajstić information content (AvgIpc) is 2.74. The summed E-state index contributed by atoms with van der Waals surface area (Å²) in [6.07, 6.45) is 0.499. The van der Waals surface area contributed by atoms with Crippen molar-refractivity contribution in [2.75, 3.05) is 0 Å². The molecule has 3 heteroatoms. The third-order valence-corrected chi connectivity index (χ3v) is 4.16. The second kappa shape index (κ2) is 4.93. The van der Waals surface area contributed by atoms with E-state index in [1.807, 2.05) is 42.6 Å². The first-order valence-corrected chi connectivity index (χ1v) is 6.66. The molecule has 1 aromatic heterocycles. The number of carbonyl (C=O) groups excluding carboxylic acids is 1. The maximum atomic E-state index is 12.0. The van der Waals surface area contributed by atoms with Crippen molar-refractivity contribution in [1.82, 2.24) is 0 Å². The van der Waals surface area contributed by atoms with Gasteiger partial charge >= 0.3 is 0 Å². The molecule has 0 spiro atoms. The van der Waals surface area contributed by atoms with Gasteiger partial charge < -0.3 is 0 Å². The third-order valence-electron chi connectivity index (χ3n) is 2.39. The molecule has 0 aliphatic heterocycles. The second-order valence-corrected chi connectivity index (χ2v) is 5.53. The first kappa shape index (κ1) is 11.6. The van der Waals surface area contributed by atoms with E-state index in [-0.39, 0.29) is 5.78 Å². The highest BCUT2D eigenvalue weighted by Gasteiger charge is 2.08. The lowest BCUT2D eigenvalue weighted by Gasteiger charge is -2.02. The largest absolute Gasteiger partial charge is 0.294 e. The van der Waals surface area contributed by atoms with Crippen LogP contribution < -0.4 is 0 Å². The number of benzene rings is 1. The molecule has 0 saturated carbocycles. The highest BCUT2D eigenvalue weighted by Crippen LogP contribution is 2.19. The number of rotatable bonds is 3. The van der Waals surface area contributed by atoms with Crippen molar-refractivity contribution >= 4 is 33.0 Å². The SMILES string of the molecule is Cc1cc(C(=O)Cc2cccs2)ccc1Br. The van der Waals surface area contributed by atoms with Gasteiger partial charge in [-0.15, -0.1) is 11.3 Å². The van der Waals surface area contributed by atoms with Crippen LogP contribution in [-0.2, 0) is 6.42 Å². The van der Waals surface area contributed by atoms with Crippen molar-refractivity contribution in [2.24, 2.45) is 0 Å². The first-order valence-electron chi connectivity index (χ1n) is 4.98. The normalized spacial score (nSPS) is 10.4. The average molecular weight is 295 g/mol. The number of carbonyl (C=O) groups is 1. The maximum Gasteiger partial charge on any atom is 0.168 e. The van der Waals surface area contributed by atoms with E-state index < -0.39 is 0 Å². The van der Waals surface area contributed by atoms with Gasteiger partial charge in [0.2, 0.25) is 0 Å². The molecule has 82 valence electrons. The summed E-state index contributed by atoms with van der Waals surface area (Å²) in [5.74, 6) is 0.179. The summed E-state index contributed by atoms with van der Waals surface area (Å²) in [7, 11) is 0. The molecule has 0 aliphatic carbocycles. The minimum atomic E-state index is 0.179. The van der Waals surface area contributed by atoms with Crippen LogP contribution in [0.4, 0.5) is 0 Å². The molecule has 1 aromatic carbocycles. The Morgan fingerprint density at radius 2 is 2.19 bits per heavy atom. The van der Waals surface area contributed by atoms with Crippen molar-refractivity contribution in [1.29, 1.82) is 0 Å². The molecule has 0 N–H and O–H groups in total. The highest BCUT2D eigenvalue weighted by molar-refractivity contribution is 9.10. The van der Waals surface area contributed by atoms with Gasteiger partial charge in [-0.05, 0) is 36.1 Å². The van der Waals surface area contributed by atoms with E-state index in [0.29, 0.717) is 6.42 Å². The van der Waals surface area contributed by atoms with Crippen molar-refractivity contribution in [3.63, 3.8) is 0 Å². The van der Waals surface area contributed by atoms with E-state index in [1.54, 1.807) is 11.3 Å². The van der Waals surface area contributed by atoms with Gasteiger partial charge in [-0.3, -0.25) is 4.79 Å². The molecule has 2 aromatic rings. The van der Waals surface area contributed by atoms with Gasteiger partial charge in [-0.2, -0.15) is 0 Å². The van der Waals surface area contributed by atoms with Crippen LogP contribution in [0, 0.1) is 6.92 Å². The predicted octanol–water partition coefficient (Wildman–Crippen LogP) is 4.24. The van der Waals surface area contributed by atoms with Gasteiger partial charge in [0.1, 0.15) is 0 Å². The Morgan fingerprint density at radius 3 is 2.81 bits per heavy atom. The molecule has 16 heavy (non-hydrogen) atoms. The molecule has 0 unspecified atom stereocenters. The number of hydrogen-bond acceptors (Lipinski definition) is 2. The number of aryl methyl sites for hydroxylation is 1. The summed E-state index contributed by atoms with van der Waals surface area (Å²) in [5.41, 5.74) is 1.88. The van der Waals surface area contributed by atoms with Gasteiger partial charge in [-0.25, -0.2) is 0 Å². The van der Waals surface area contributed by atoms with Crippen LogP contribution >= 0.6 is 27.3 Å². The Hall–Kier alpha value is -0.930. The Balaban J connectivity index is 2.18. The molecule has 0 radical (unpaired) electrons. The Bertz CT molecular complexity index is 503. The summed E-state index contributed by atoms with van der Waals surface area (Å²) in [4.78, 5) is 13.1. The molecule has 0 bridgehead atoms. The molecule has 1 nitrogen and oxygen atoms in total. The van der Waals surface area contributed by atoms with E-state index in [0.717, 1.165) is 20.5 Å². The van der Waals surface area contributed by atoms with Crippen LogP contribution in [0.1, 0.15) is 20.8 Å². The van der Waals surface area contributed by atoms with Crippen LogP contribution in [0.3, 0.4) is 0 Å². The van der Waals surface area contributed by atoms with Crippen molar-refractivity contribution in [3.8, 4) is 0 Å². The lowest BCUT2D eigenvalue weighted by molar-refractivity contribution is 0.0993. The number of hydrogen-bond donors (Lipinski definition) is 0. The summed E-state index contributed by atoms with van der Waals surface area (Å²) < 4.78 is 1.04. The maximum absolute atomic E-state index is 12.0. The number of thiophene rings is 1. The van der Waals surface area contributed by atoms with Crippen molar-refractivity contribution in [2.45, 2.75) is 13.3 Å². The van der Waals surface area contributed by atoms with E-state index in [2.05, 4.69) is 15.9 Å². The van der Waals surface area contributed by atoms with Crippen LogP contribution in [0.5, 0.6) is 0 Å². The fraction of sp³-hybridized carbons (Fsp3) is 0.154. The summed E-state index contributed by atoms with van der Waals surface area (Å²) in [5, 5.41) is 2.00. The number of Topliss-reactive ketones (excluding diaryl/α,β-unsaturated/α-hetero) is 1. The number of halogens is 1. The monoisotopic (exact) mass is 294 g/mol. The van der Waals surface area contributed by atoms with E-state index in [9.17, 15) is 4.79 Å². The van der Waals surface area contributed by atoms with Crippen LogP contribution in [0.2, 0.25) is 0 Å². The molecule has 2 rings (SSSR count). The van der Waals surface area contributed by atoms with E-state index in [4.69, 9.17) is 0 Å². The second-order valence-electron chi connectivity index (χ2n) is 3.64. The van der Waals surface area contributed by atoms with E-state index >= 15 is 0 Å². The zero-order valence-corrected chi connectivity index (χ0v) is 11.3. The summed E-state index contributed by atoms with van der Waals surface area (Å²) in [6.45, 7) is 1.99. The summed E-state index contributed by atoms with van der Waals surface area (Å²) >= 11 is 5.05. The van der Waals surface area contributed by atoms with Crippen LogP contribution in [-0.4, -0.2) is 5.78 Å². The topological polar surface area (TPSA) is 17.1 Å². The van der Waals surface area contributed by atoms with E-state index in [1.165, 1.54) is 0 Å². The zero-order valence-electron chi connectivity index (χ0n) is 8.87. The molecular formula is C13H11BrOS. The van der Waals surface area contributed by atoms with Gasteiger partial charge in [0, 0.05) is 21.3 Å². The van der Waals surface area contributed by atoms with Crippen LogP contribution in [0.15, 0.2) is 40.2 Å². The highest BCUT2D eigenvalue weighted by atomic mass is 79.9. The quantitative estimate of drug-likeness (QED) is 0.774. The molecule has 1 heterocycles. The predicted molar refractivity (Wildman–Crippen MR) is 71.2 cm³/mol. The molecule has 0 atom stereocenters. The fourth-order valence-corrected chi connectivity index (χ4v) is 2.44. The van der Waals surface area contributed by atoms with Crippen molar-refractivity contribution in [3.05, 3.63) is 56.2 Å². The smallest absolute Gasteiger partial charge is 0.168 e. The Morgan fingerprint density at radius 1 is 1.38 bits per heavy atom. The molecule has 0 saturated heterocycles. The lowest BCUT2D eigenvalue weighted by Crippen LogP contribution is -2.02. The summed E-state index contributed by atoms with van der Waals surface area (Å²) in [6, 6.07) is 9.69. The first-order chi connectivity index (χ1) is 7.66.